The Morgan fingerprint density at radius 3 is 2.02 bits per heavy atom. The highest BCUT2D eigenvalue weighted by molar-refractivity contribution is 5.97. The lowest BCUT2D eigenvalue weighted by atomic mass is 10.0. The first-order valence-corrected chi connectivity index (χ1v) is 12.2. The second kappa shape index (κ2) is 15.3. The number of carboxylic acid groups (broad SMARTS) is 2. The summed E-state index contributed by atoms with van der Waals surface area (Å²) in [5, 5.41) is 27.7. The second-order valence-corrected chi connectivity index (χ2v) is 8.67. The van der Waals surface area contributed by atoms with Gasteiger partial charge in [-0.05, 0) is 43.7 Å². The molecule has 6 N–H and O–H groups in total. The Balaban J connectivity index is 2.00. The minimum Gasteiger partial charge on any atom is -0.481 e. The van der Waals surface area contributed by atoms with Crippen molar-refractivity contribution in [1.82, 2.24) is 21.3 Å². The zero-order valence-electron chi connectivity index (χ0n) is 21.9. The summed E-state index contributed by atoms with van der Waals surface area (Å²) >= 11 is 0. The maximum absolute atomic E-state index is 12.9. The Bertz CT molecular complexity index is 1300. The molecule has 0 unspecified atom stereocenters. The fourth-order valence-electron chi connectivity index (χ4n) is 3.47. The van der Waals surface area contributed by atoms with Gasteiger partial charge in [-0.1, -0.05) is 36.3 Å². The number of hydrogen-bond donors (Lipinski definition) is 6. The Kier molecular flexibility index (Phi) is 11.9. The Morgan fingerprint density at radius 1 is 0.825 bits per heavy atom. The average Bonchev–Trinajstić information content (AvgIpc) is 2.91. The summed E-state index contributed by atoms with van der Waals surface area (Å²) in [4.78, 5) is 72.7. The molecule has 0 spiro atoms. The van der Waals surface area contributed by atoms with Crippen molar-refractivity contribution in [2.75, 3.05) is 6.54 Å². The highest BCUT2D eigenvalue weighted by Crippen LogP contribution is 2.06. The van der Waals surface area contributed by atoms with Gasteiger partial charge >= 0.3 is 11.9 Å². The molecule has 0 fully saturated rings. The van der Waals surface area contributed by atoms with Gasteiger partial charge in [-0.15, -0.1) is 5.92 Å². The van der Waals surface area contributed by atoms with Crippen LogP contribution in [0.3, 0.4) is 0 Å². The van der Waals surface area contributed by atoms with Crippen molar-refractivity contribution < 1.29 is 39.0 Å². The highest BCUT2D eigenvalue weighted by Gasteiger charge is 2.29. The van der Waals surface area contributed by atoms with Crippen molar-refractivity contribution in [1.29, 1.82) is 0 Å². The molecule has 0 aliphatic carbocycles. The molecule has 3 atom stereocenters. The number of nitrogens with one attached hydrogen (secondary N) is 4. The van der Waals surface area contributed by atoms with E-state index >= 15 is 0 Å². The summed E-state index contributed by atoms with van der Waals surface area (Å²) in [6.07, 6.45) is -0.889. The molecule has 0 heterocycles. The van der Waals surface area contributed by atoms with Crippen molar-refractivity contribution in [2.24, 2.45) is 0 Å². The van der Waals surface area contributed by atoms with E-state index < -0.39 is 66.7 Å². The molecule has 0 aromatic heterocycles. The molecule has 40 heavy (non-hydrogen) atoms. The molecule has 4 amide bonds. The molecule has 2 rings (SSSR count). The molecule has 0 saturated carbocycles. The van der Waals surface area contributed by atoms with Gasteiger partial charge < -0.3 is 31.5 Å². The molecule has 2 aromatic carbocycles. The molecule has 2 aromatic rings. The minimum absolute atomic E-state index is 0.0306. The lowest BCUT2D eigenvalue weighted by molar-refractivity contribution is -0.147. The normalized spacial score (nSPS) is 12.3. The zero-order valence-corrected chi connectivity index (χ0v) is 21.9. The SMILES string of the molecule is CC#Cc1ccc(C(=O)NCC(=O)N[C@@H](C)C(=O)N[C@@H](Cc2ccccc2)C(=O)N[C@@H](CC(=O)O)C(=O)O)cc1. The third-order valence-corrected chi connectivity index (χ3v) is 5.51. The molecule has 0 aliphatic heterocycles. The molecular formula is C28H30N4O8. The quantitative estimate of drug-likeness (QED) is 0.189. The van der Waals surface area contributed by atoms with E-state index in [1.807, 2.05) is 0 Å². The number of aliphatic carboxylic acids is 2. The number of carboxylic acids is 2. The maximum Gasteiger partial charge on any atom is 0.326 e. The summed E-state index contributed by atoms with van der Waals surface area (Å²) in [7, 11) is 0. The molecule has 0 saturated heterocycles. The first-order valence-electron chi connectivity index (χ1n) is 12.2. The van der Waals surface area contributed by atoms with E-state index in [-0.39, 0.29) is 6.42 Å². The lowest BCUT2D eigenvalue weighted by Crippen LogP contribution is -2.56. The van der Waals surface area contributed by atoms with Crippen LogP contribution in [0.4, 0.5) is 0 Å². The summed E-state index contributed by atoms with van der Waals surface area (Å²) in [6.45, 7) is 2.64. The highest BCUT2D eigenvalue weighted by atomic mass is 16.4. The van der Waals surface area contributed by atoms with Crippen molar-refractivity contribution in [2.45, 2.75) is 44.8 Å². The van der Waals surface area contributed by atoms with Crippen molar-refractivity contribution in [3.63, 3.8) is 0 Å². The third kappa shape index (κ3) is 10.3. The number of amides is 4. The van der Waals surface area contributed by atoms with Gasteiger partial charge in [0.05, 0.1) is 13.0 Å². The van der Waals surface area contributed by atoms with Crippen LogP contribution in [-0.2, 0) is 30.4 Å². The second-order valence-electron chi connectivity index (χ2n) is 8.67. The van der Waals surface area contributed by atoms with Crippen molar-refractivity contribution in [3.8, 4) is 11.8 Å². The first kappa shape index (κ1) is 31.0. The van der Waals surface area contributed by atoms with E-state index in [0.717, 1.165) is 5.56 Å². The topological polar surface area (TPSA) is 191 Å². The van der Waals surface area contributed by atoms with Crippen LogP contribution in [0.1, 0.15) is 41.8 Å². The molecule has 0 bridgehead atoms. The Hall–Kier alpha value is -5.18. The predicted molar refractivity (Wildman–Crippen MR) is 143 cm³/mol. The van der Waals surface area contributed by atoms with Crippen LogP contribution in [0.5, 0.6) is 0 Å². The van der Waals surface area contributed by atoms with Gasteiger partial charge in [-0.3, -0.25) is 24.0 Å². The molecule has 210 valence electrons. The van der Waals surface area contributed by atoms with Gasteiger partial charge in [0.2, 0.25) is 17.7 Å². The fraction of sp³-hybridized carbons (Fsp3) is 0.286. The predicted octanol–water partition coefficient (Wildman–Crippen LogP) is 0.0641. The number of carbonyl (C=O) groups is 6. The van der Waals surface area contributed by atoms with Crippen LogP contribution in [0, 0.1) is 11.8 Å². The molecule has 12 nitrogen and oxygen atoms in total. The monoisotopic (exact) mass is 550 g/mol. The molecule has 0 aliphatic rings. The van der Waals surface area contributed by atoms with Gasteiger partial charge in [0.25, 0.3) is 5.91 Å². The van der Waals surface area contributed by atoms with Crippen LogP contribution in [0.15, 0.2) is 54.6 Å². The van der Waals surface area contributed by atoms with Gasteiger partial charge in [0, 0.05) is 17.5 Å². The first-order chi connectivity index (χ1) is 19.0. The summed E-state index contributed by atoms with van der Waals surface area (Å²) in [5.74, 6) is -0.211. The fourth-order valence-corrected chi connectivity index (χ4v) is 3.47. The van der Waals surface area contributed by atoms with Gasteiger partial charge in [0.1, 0.15) is 18.1 Å². The summed E-state index contributed by atoms with van der Waals surface area (Å²) in [5.41, 5.74) is 1.69. The molecule has 12 heteroatoms. The molecule has 0 radical (unpaired) electrons. The van der Waals surface area contributed by atoms with E-state index in [1.165, 1.54) is 6.92 Å². The van der Waals surface area contributed by atoms with Crippen molar-refractivity contribution >= 4 is 35.6 Å². The third-order valence-electron chi connectivity index (χ3n) is 5.51. The number of carbonyl (C=O) groups excluding carboxylic acids is 4. The standard InChI is InChI=1S/C28H30N4O8/c1-3-7-18-10-12-20(13-11-18)26(37)29-16-23(33)30-17(2)25(36)31-21(14-19-8-5-4-6-9-19)27(38)32-22(28(39)40)15-24(34)35/h4-6,8-13,17,21-22H,14-16H2,1-2H3,(H,29,37)(H,30,33)(H,31,36)(H,32,38)(H,34,35)(H,39,40)/t17-,21-,22-/m0/s1. The lowest BCUT2D eigenvalue weighted by Gasteiger charge is -2.23. The van der Waals surface area contributed by atoms with Gasteiger partial charge in [-0.2, -0.15) is 0 Å². The van der Waals surface area contributed by atoms with Gasteiger partial charge in [-0.25, -0.2) is 4.79 Å². The zero-order chi connectivity index (χ0) is 29.7. The van der Waals surface area contributed by atoms with Crippen LogP contribution >= 0.6 is 0 Å². The van der Waals surface area contributed by atoms with E-state index in [9.17, 15) is 33.9 Å². The number of benzene rings is 2. The van der Waals surface area contributed by atoms with E-state index in [4.69, 9.17) is 5.11 Å². The maximum atomic E-state index is 12.9. The number of hydrogen-bond acceptors (Lipinski definition) is 6. The van der Waals surface area contributed by atoms with Crippen LogP contribution in [0.25, 0.3) is 0 Å². The minimum atomic E-state index is -1.71. The summed E-state index contributed by atoms with van der Waals surface area (Å²) in [6, 6.07) is 10.9. The number of rotatable bonds is 13. The smallest absolute Gasteiger partial charge is 0.326 e. The van der Waals surface area contributed by atoms with Gasteiger partial charge in [0.15, 0.2) is 0 Å². The average molecular weight is 551 g/mol. The van der Waals surface area contributed by atoms with Crippen LogP contribution < -0.4 is 21.3 Å². The van der Waals surface area contributed by atoms with E-state index in [1.54, 1.807) is 61.5 Å². The summed E-state index contributed by atoms with van der Waals surface area (Å²) < 4.78 is 0. The molecular weight excluding hydrogens is 520 g/mol. The largest absolute Gasteiger partial charge is 0.481 e. The van der Waals surface area contributed by atoms with E-state index in [0.29, 0.717) is 11.1 Å². The van der Waals surface area contributed by atoms with Crippen molar-refractivity contribution in [3.05, 3.63) is 71.3 Å². The Morgan fingerprint density at radius 2 is 1.45 bits per heavy atom. The van der Waals surface area contributed by atoms with Crippen LogP contribution in [-0.4, -0.2) is 70.5 Å². The van der Waals surface area contributed by atoms with E-state index in [2.05, 4.69) is 33.1 Å². The Labute approximate surface area is 230 Å². The van der Waals surface area contributed by atoms with Crippen LogP contribution in [0.2, 0.25) is 0 Å².